The van der Waals surface area contributed by atoms with Gasteiger partial charge in [-0.05, 0) is 32.9 Å². The van der Waals surface area contributed by atoms with E-state index < -0.39 is 0 Å². The fourth-order valence-electron chi connectivity index (χ4n) is 2.00. The van der Waals surface area contributed by atoms with Crippen LogP contribution in [0.15, 0.2) is 34.2 Å². The lowest BCUT2D eigenvalue weighted by atomic mass is 10.2. The molecule has 0 aliphatic heterocycles. The molecular formula is C17H23N3S. The molecule has 0 spiro atoms. The van der Waals surface area contributed by atoms with Gasteiger partial charge < -0.3 is 5.32 Å². The first-order valence-electron chi connectivity index (χ1n) is 7.38. The second kappa shape index (κ2) is 6.94. The average Bonchev–Trinajstić information content (AvgIpc) is 2.43. The van der Waals surface area contributed by atoms with Crippen molar-refractivity contribution in [3.05, 3.63) is 41.2 Å². The molecule has 2 aromatic rings. The summed E-state index contributed by atoms with van der Waals surface area (Å²) in [5.41, 5.74) is 2.38. The van der Waals surface area contributed by atoms with Gasteiger partial charge in [0.25, 0.3) is 0 Å². The van der Waals surface area contributed by atoms with Gasteiger partial charge in [-0.2, -0.15) is 0 Å². The monoisotopic (exact) mass is 301 g/mol. The summed E-state index contributed by atoms with van der Waals surface area (Å²) in [4.78, 5) is 10.6. The second-order valence-electron chi connectivity index (χ2n) is 5.46. The minimum atomic E-state index is 0.319. The predicted molar refractivity (Wildman–Crippen MR) is 90.3 cm³/mol. The van der Waals surface area contributed by atoms with Gasteiger partial charge in [0.15, 0.2) is 0 Å². The topological polar surface area (TPSA) is 37.8 Å². The minimum Gasteiger partial charge on any atom is -0.370 e. The average molecular weight is 301 g/mol. The van der Waals surface area contributed by atoms with Crippen LogP contribution in [-0.2, 0) is 0 Å². The molecule has 1 aromatic carbocycles. The fourth-order valence-corrected chi connectivity index (χ4v) is 3.00. The number of rotatable bonds is 5. The Hall–Kier alpha value is -1.55. The summed E-state index contributed by atoms with van der Waals surface area (Å²) in [6, 6.07) is 8.51. The summed E-state index contributed by atoms with van der Waals surface area (Å²) < 4.78 is 0. The molecule has 21 heavy (non-hydrogen) atoms. The Morgan fingerprint density at radius 3 is 2.57 bits per heavy atom. The molecule has 0 aliphatic carbocycles. The Morgan fingerprint density at radius 2 is 1.95 bits per heavy atom. The summed E-state index contributed by atoms with van der Waals surface area (Å²) in [7, 11) is 0. The van der Waals surface area contributed by atoms with E-state index in [0.717, 1.165) is 28.8 Å². The molecule has 2 rings (SSSR count). The first kappa shape index (κ1) is 15.8. The maximum absolute atomic E-state index is 4.75. The molecule has 0 aliphatic rings. The van der Waals surface area contributed by atoms with Crippen molar-refractivity contribution in [3.63, 3.8) is 0 Å². The Bertz CT molecular complexity index is 623. The van der Waals surface area contributed by atoms with Gasteiger partial charge in [0.1, 0.15) is 16.7 Å². The first-order valence-corrected chi connectivity index (χ1v) is 8.19. The Balaban J connectivity index is 2.41. The maximum Gasteiger partial charge on any atom is 0.134 e. The Kier molecular flexibility index (Phi) is 5.23. The molecule has 0 fully saturated rings. The number of nitrogens with zero attached hydrogens (tertiary/aromatic N) is 2. The molecule has 1 aromatic heterocycles. The van der Waals surface area contributed by atoms with Gasteiger partial charge in [0, 0.05) is 22.9 Å². The Morgan fingerprint density at radius 1 is 1.19 bits per heavy atom. The minimum absolute atomic E-state index is 0.319. The van der Waals surface area contributed by atoms with Crippen molar-refractivity contribution in [2.45, 2.75) is 50.5 Å². The smallest absolute Gasteiger partial charge is 0.134 e. The molecule has 0 saturated heterocycles. The van der Waals surface area contributed by atoms with Crippen LogP contribution in [0.2, 0.25) is 0 Å². The van der Waals surface area contributed by atoms with Crippen molar-refractivity contribution < 1.29 is 0 Å². The van der Waals surface area contributed by atoms with Crippen LogP contribution in [0, 0.1) is 13.8 Å². The number of hydrogen-bond donors (Lipinski definition) is 1. The third kappa shape index (κ3) is 3.97. The molecule has 0 atom stereocenters. The van der Waals surface area contributed by atoms with Crippen molar-refractivity contribution in [2.24, 2.45) is 0 Å². The first-order chi connectivity index (χ1) is 10.0. The molecule has 0 amide bonds. The lowest BCUT2D eigenvalue weighted by Gasteiger charge is -2.14. The van der Waals surface area contributed by atoms with Gasteiger partial charge in [-0.25, -0.2) is 9.97 Å². The van der Waals surface area contributed by atoms with E-state index in [0.29, 0.717) is 5.92 Å². The maximum atomic E-state index is 4.75. The van der Waals surface area contributed by atoms with Crippen LogP contribution >= 0.6 is 11.8 Å². The van der Waals surface area contributed by atoms with E-state index in [4.69, 9.17) is 4.98 Å². The molecule has 0 unspecified atom stereocenters. The highest BCUT2D eigenvalue weighted by molar-refractivity contribution is 7.99. The van der Waals surface area contributed by atoms with Gasteiger partial charge in [-0.3, -0.25) is 0 Å². The fraction of sp³-hybridized carbons (Fsp3) is 0.412. The third-order valence-electron chi connectivity index (χ3n) is 3.18. The predicted octanol–water partition coefficient (Wildman–Crippen LogP) is 4.80. The number of aryl methyl sites for hydroxylation is 1. The summed E-state index contributed by atoms with van der Waals surface area (Å²) in [6.45, 7) is 11.4. The van der Waals surface area contributed by atoms with E-state index in [1.54, 1.807) is 11.8 Å². The zero-order valence-corrected chi connectivity index (χ0v) is 14.2. The van der Waals surface area contributed by atoms with Gasteiger partial charge in [-0.1, -0.05) is 43.3 Å². The van der Waals surface area contributed by atoms with E-state index in [2.05, 4.69) is 69.2 Å². The highest BCUT2D eigenvalue weighted by atomic mass is 32.2. The van der Waals surface area contributed by atoms with E-state index in [1.165, 1.54) is 10.5 Å². The lowest BCUT2D eigenvalue weighted by Crippen LogP contribution is -2.08. The lowest BCUT2D eigenvalue weighted by molar-refractivity contribution is 0.748. The van der Waals surface area contributed by atoms with Gasteiger partial charge in [0.2, 0.25) is 0 Å². The number of anilines is 1. The van der Waals surface area contributed by atoms with Crippen molar-refractivity contribution in [1.82, 2.24) is 9.97 Å². The highest BCUT2D eigenvalue weighted by Gasteiger charge is 2.13. The standard InChI is InChI=1S/C17H23N3S/c1-6-18-16-13(5)17(20-15(19-16)11(2)3)21-14-9-7-8-12(4)10-14/h7-11H,6H2,1-5H3,(H,18,19,20). The summed E-state index contributed by atoms with van der Waals surface area (Å²) in [5, 5.41) is 4.38. The van der Waals surface area contributed by atoms with E-state index >= 15 is 0 Å². The van der Waals surface area contributed by atoms with Gasteiger partial charge in [-0.15, -0.1) is 0 Å². The van der Waals surface area contributed by atoms with Crippen LogP contribution in [0.25, 0.3) is 0 Å². The van der Waals surface area contributed by atoms with Crippen molar-refractivity contribution in [2.75, 3.05) is 11.9 Å². The number of aromatic nitrogens is 2. The molecular weight excluding hydrogens is 278 g/mol. The van der Waals surface area contributed by atoms with Crippen molar-refractivity contribution in [3.8, 4) is 0 Å². The molecule has 0 bridgehead atoms. The number of benzene rings is 1. The summed E-state index contributed by atoms with van der Waals surface area (Å²) in [6.07, 6.45) is 0. The van der Waals surface area contributed by atoms with E-state index in [1.807, 2.05) is 0 Å². The highest BCUT2D eigenvalue weighted by Crippen LogP contribution is 2.32. The molecule has 112 valence electrons. The SMILES string of the molecule is CCNc1nc(C(C)C)nc(Sc2cccc(C)c2)c1C. The molecule has 1 N–H and O–H groups in total. The molecule has 1 heterocycles. The van der Waals surface area contributed by atoms with Crippen LogP contribution in [0.4, 0.5) is 5.82 Å². The number of nitrogens with one attached hydrogen (secondary N) is 1. The zero-order chi connectivity index (χ0) is 15.4. The van der Waals surface area contributed by atoms with Gasteiger partial charge >= 0.3 is 0 Å². The quantitative estimate of drug-likeness (QED) is 0.805. The second-order valence-corrected chi connectivity index (χ2v) is 6.53. The van der Waals surface area contributed by atoms with Gasteiger partial charge in [0.05, 0.1) is 0 Å². The normalized spacial score (nSPS) is 11.0. The Labute approximate surface area is 131 Å². The molecule has 0 radical (unpaired) electrons. The number of hydrogen-bond acceptors (Lipinski definition) is 4. The van der Waals surface area contributed by atoms with Crippen LogP contribution in [0.3, 0.4) is 0 Å². The van der Waals surface area contributed by atoms with Crippen LogP contribution in [0.5, 0.6) is 0 Å². The van der Waals surface area contributed by atoms with Crippen LogP contribution < -0.4 is 5.32 Å². The molecule has 4 heteroatoms. The van der Waals surface area contributed by atoms with Crippen molar-refractivity contribution in [1.29, 1.82) is 0 Å². The van der Waals surface area contributed by atoms with Crippen LogP contribution in [0.1, 0.15) is 43.6 Å². The summed E-state index contributed by atoms with van der Waals surface area (Å²) >= 11 is 1.71. The van der Waals surface area contributed by atoms with Crippen LogP contribution in [-0.4, -0.2) is 16.5 Å². The zero-order valence-electron chi connectivity index (χ0n) is 13.4. The molecule has 0 saturated carbocycles. The van der Waals surface area contributed by atoms with E-state index in [-0.39, 0.29) is 0 Å². The third-order valence-corrected chi connectivity index (χ3v) is 4.26. The molecule has 3 nitrogen and oxygen atoms in total. The summed E-state index contributed by atoms with van der Waals surface area (Å²) in [5.74, 6) is 2.16. The van der Waals surface area contributed by atoms with E-state index in [9.17, 15) is 0 Å². The van der Waals surface area contributed by atoms with Crippen molar-refractivity contribution >= 4 is 17.6 Å². The largest absolute Gasteiger partial charge is 0.370 e.